The van der Waals surface area contributed by atoms with Crippen molar-refractivity contribution in [2.75, 3.05) is 18.0 Å². The summed E-state index contributed by atoms with van der Waals surface area (Å²) in [6.07, 6.45) is 6.98. The van der Waals surface area contributed by atoms with Gasteiger partial charge >= 0.3 is 0 Å². The molecule has 1 N–H and O–H groups in total. The molecule has 154 valence electrons. The fraction of sp³-hybridized carbons (Fsp3) is 0.208. The topological polar surface area (TPSA) is 62.6 Å². The van der Waals surface area contributed by atoms with E-state index in [1.807, 2.05) is 35.2 Å². The number of imidazole rings is 1. The third-order valence-corrected chi connectivity index (χ3v) is 6.13. The Balaban J connectivity index is 1.62. The number of halogens is 1. The Hall–Kier alpha value is -3.74. The molecule has 0 bridgehead atoms. The number of H-pyrrole nitrogens is 1. The van der Waals surface area contributed by atoms with Gasteiger partial charge in [0.15, 0.2) is 5.82 Å². The maximum absolute atomic E-state index is 14.4. The Morgan fingerprint density at radius 2 is 1.74 bits per heavy atom. The molecule has 6 nitrogen and oxygen atoms in total. The fourth-order valence-electron chi connectivity index (χ4n) is 4.61. The van der Waals surface area contributed by atoms with Gasteiger partial charge in [0, 0.05) is 35.1 Å². The highest BCUT2D eigenvalue weighted by Crippen LogP contribution is 2.35. The maximum atomic E-state index is 14.4. The average molecular weight is 412 g/mol. The van der Waals surface area contributed by atoms with E-state index in [-0.39, 0.29) is 5.82 Å². The van der Waals surface area contributed by atoms with Crippen LogP contribution >= 0.6 is 0 Å². The minimum absolute atomic E-state index is 0.222. The molecule has 31 heavy (non-hydrogen) atoms. The third kappa shape index (κ3) is 2.96. The molecule has 1 aliphatic rings. The van der Waals surface area contributed by atoms with Gasteiger partial charge in [-0.1, -0.05) is 24.3 Å². The zero-order valence-electron chi connectivity index (χ0n) is 16.9. The summed E-state index contributed by atoms with van der Waals surface area (Å²) in [6.45, 7) is 2.07. The summed E-state index contributed by atoms with van der Waals surface area (Å²) in [7, 11) is 0. The lowest BCUT2D eigenvalue weighted by Gasteiger charge is -2.29. The largest absolute Gasteiger partial charge is 0.371 e. The van der Waals surface area contributed by atoms with Crippen molar-refractivity contribution < 1.29 is 4.39 Å². The van der Waals surface area contributed by atoms with Crippen LogP contribution in [-0.2, 0) is 0 Å². The van der Waals surface area contributed by atoms with E-state index >= 15 is 0 Å². The third-order valence-electron chi connectivity index (χ3n) is 6.13. The number of fused-ring (bicyclic) bond motifs is 2. The molecule has 2 aromatic heterocycles. The van der Waals surface area contributed by atoms with Crippen molar-refractivity contribution in [3.63, 3.8) is 0 Å². The second-order valence-corrected chi connectivity index (χ2v) is 7.97. The molecule has 1 saturated heterocycles. The number of anilines is 1. The molecule has 0 radical (unpaired) electrons. The van der Waals surface area contributed by atoms with Gasteiger partial charge in [-0.05, 0) is 43.5 Å². The van der Waals surface area contributed by atoms with E-state index in [4.69, 9.17) is 4.98 Å². The van der Waals surface area contributed by atoms with Gasteiger partial charge in [-0.2, -0.15) is 5.10 Å². The predicted molar refractivity (Wildman–Crippen MR) is 120 cm³/mol. The Morgan fingerprint density at radius 1 is 0.903 bits per heavy atom. The number of aromatic nitrogens is 5. The van der Waals surface area contributed by atoms with E-state index in [2.05, 4.69) is 32.2 Å². The van der Waals surface area contributed by atoms with Crippen molar-refractivity contribution in [2.45, 2.75) is 19.3 Å². The summed E-state index contributed by atoms with van der Waals surface area (Å²) in [5.41, 5.74) is 4.77. The van der Waals surface area contributed by atoms with Crippen LogP contribution in [0.1, 0.15) is 19.3 Å². The standard InChI is InChI=1S/C24H21FN6/c25-20-8-4-7-18-17(20)6-5-9-21(18)31-15-27-23-19(24-26-14-28-29-24)12-16(13-22(23)31)30-10-2-1-3-11-30/h4-9,12-15H,1-3,10-11H2,(H,26,28,29). The van der Waals surface area contributed by atoms with Gasteiger partial charge in [0.2, 0.25) is 0 Å². The number of aromatic amines is 1. The molecule has 3 aromatic carbocycles. The summed E-state index contributed by atoms with van der Waals surface area (Å²) in [6, 6.07) is 15.2. The van der Waals surface area contributed by atoms with Crippen molar-refractivity contribution in [3.8, 4) is 17.1 Å². The minimum atomic E-state index is -0.222. The first-order valence-electron chi connectivity index (χ1n) is 10.6. The molecular formula is C24H21FN6. The van der Waals surface area contributed by atoms with Gasteiger partial charge in [0.25, 0.3) is 0 Å². The van der Waals surface area contributed by atoms with E-state index in [9.17, 15) is 4.39 Å². The lowest BCUT2D eigenvalue weighted by Crippen LogP contribution is -2.29. The molecular weight excluding hydrogens is 391 g/mol. The van der Waals surface area contributed by atoms with Crippen LogP contribution < -0.4 is 4.90 Å². The van der Waals surface area contributed by atoms with Crippen LogP contribution in [0.5, 0.6) is 0 Å². The SMILES string of the molecule is Fc1cccc2c(-n3cnc4c(-c5ncn[nH]5)cc(N5CCCCC5)cc43)cccc12. The summed E-state index contributed by atoms with van der Waals surface area (Å²) >= 11 is 0. The number of nitrogens with one attached hydrogen (secondary N) is 1. The van der Waals surface area contributed by atoms with Crippen LogP contribution in [0.4, 0.5) is 10.1 Å². The van der Waals surface area contributed by atoms with Crippen molar-refractivity contribution in [1.29, 1.82) is 0 Å². The van der Waals surface area contributed by atoms with Gasteiger partial charge < -0.3 is 4.90 Å². The Morgan fingerprint density at radius 3 is 2.58 bits per heavy atom. The molecule has 5 aromatic rings. The highest BCUT2D eigenvalue weighted by atomic mass is 19.1. The van der Waals surface area contributed by atoms with E-state index in [1.165, 1.54) is 31.7 Å². The molecule has 0 amide bonds. The minimum Gasteiger partial charge on any atom is -0.371 e. The number of hydrogen-bond acceptors (Lipinski definition) is 4. The molecule has 0 spiro atoms. The molecule has 3 heterocycles. The van der Waals surface area contributed by atoms with Gasteiger partial charge in [-0.25, -0.2) is 14.4 Å². The van der Waals surface area contributed by atoms with Gasteiger partial charge in [-0.15, -0.1) is 0 Å². The lowest BCUT2D eigenvalue weighted by atomic mass is 10.1. The van der Waals surface area contributed by atoms with Gasteiger partial charge in [0.05, 0.1) is 16.7 Å². The van der Waals surface area contributed by atoms with Crippen LogP contribution in [0.3, 0.4) is 0 Å². The van der Waals surface area contributed by atoms with Crippen molar-refractivity contribution >= 4 is 27.5 Å². The van der Waals surface area contributed by atoms with E-state index < -0.39 is 0 Å². The fourth-order valence-corrected chi connectivity index (χ4v) is 4.61. The average Bonchev–Trinajstić information content (AvgIpc) is 3.49. The van der Waals surface area contributed by atoms with Crippen molar-refractivity contribution in [1.82, 2.24) is 24.7 Å². The first kappa shape index (κ1) is 18.1. The number of nitrogens with zero attached hydrogens (tertiary/aromatic N) is 5. The summed E-state index contributed by atoms with van der Waals surface area (Å²) in [5, 5.41) is 8.48. The monoisotopic (exact) mass is 412 g/mol. The molecule has 0 aliphatic carbocycles. The number of benzene rings is 3. The van der Waals surface area contributed by atoms with E-state index in [1.54, 1.807) is 6.07 Å². The zero-order chi connectivity index (χ0) is 20.8. The quantitative estimate of drug-likeness (QED) is 0.448. The van der Waals surface area contributed by atoms with Crippen LogP contribution in [0.2, 0.25) is 0 Å². The number of hydrogen-bond donors (Lipinski definition) is 1. The maximum Gasteiger partial charge on any atom is 0.157 e. The molecule has 7 heteroatoms. The Bertz CT molecular complexity index is 1380. The number of rotatable bonds is 3. The Labute approximate surface area is 178 Å². The smallest absolute Gasteiger partial charge is 0.157 e. The molecule has 0 atom stereocenters. The summed E-state index contributed by atoms with van der Waals surface area (Å²) in [5.74, 6) is 0.471. The van der Waals surface area contributed by atoms with Gasteiger partial charge in [-0.3, -0.25) is 9.67 Å². The second kappa shape index (κ2) is 7.19. The van der Waals surface area contributed by atoms with Crippen LogP contribution in [0, 0.1) is 5.82 Å². The predicted octanol–water partition coefficient (Wildman–Crippen LogP) is 5.09. The molecule has 0 unspecified atom stereocenters. The van der Waals surface area contributed by atoms with E-state index in [0.717, 1.165) is 46.4 Å². The molecule has 1 fully saturated rings. The highest BCUT2D eigenvalue weighted by molar-refractivity contribution is 5.97. The first-order chi connectivity index (χ1) is 15.3. The van der Waals surface area contributed by atoms with E-state index in [0.29, 0.717) is 11.2 Å². The number of piperidine rings is 1. The summed E-state index contributed by atoms with van der Waals surface area (Å²) < 4.78 is 16.5. The van der Waals surface area contributed by atoms with Crippen LogP contribution in [0.15, 0.2) is 61.2 Å². The van der Waals surface area contributed by atoms with Crippen molar-refractivity contribution in [2.24, 2.45) is 0 Å². The Kier molecular flexibility index (Phi) is 4.19. The molecule has 1 aliphatic heterocycles. The first-order valence-corrected chi connectivity index (χ1v) is 10.6. The van der Waals surface area contributed by atoms with Crippen LogP contribution in [0.25, 0.3) is 38.9 Å². The van der Waals surface area contributed by atoms with Crippen molar-refractivity contribution in [3.05, 3.63) is 67.0 Å². The normalized spacial score (nSPS) is 14.5. The molecule has 0 saturated carbocycles. The summed E-state index contributed by atoms with van der Waals surface area (Å²) in [4.78, 5) is 11.5. The van der Waals surface area contributed by atoms with Crippen LogP contribution in [-0.4, -0.2) is 37.8 Å². The molecule has 6 rings (SSSR count). The van der Waals surface area contributed by atoms with Gasteiger partial charge in [0.1, 0.15) is 18.5 Å². The zero-order valence-corrected chi connectivity index (χ0v) is 16.9. The lowest BCUT2D eigenvalue weighted by molar-refractivity contribution is 0.578. The highest BCUT2D eigenvalue weighted by Gasteiger charge is 2.19. The second-order valence-electron chi connectivity index (χ2n) is 7.97.